The molecule has 1 aromatic carbocycles. The molecule has 2 N–H and O–H groups in total. The summed E-state index contributed by atoms with van der Waals surface area (Å²) in [6.45, 7) is 0.296. The van der Waals surface area contributed by atoms with Gasteiger partial charge in [-0.15, -0.1) is 0 Å². The van der Waals surface area contributed by atoms with E-state index in [9.17, 15) is 22.7 Å². The van der Waals surface area contributed by atoms with E-state index in [4.69, 9.17) is 0 Å². The number of aliphatic hydroxyl groups excluding tert-OH is 1. The van der Waals surface area contributed by atoms with Gasteiger partial charge in [-0.3, -0.25) is 0 Å². The number of alkyl halides is 3. The third kappa shape index (κ3) is 5.04. The van der Waals surface area contributed by atoms with Crippen LogP contribution in [0.4, 0.5) is 23.2 Å². The molecule has 0 spiro atoms. The number of nitrogens with one attached hydrogen (secondary N) is 1. The van der Waals surface area contributed by atoms with Crippen LogP contribution in [-0.2, 0) is 6.18 Å². The number of benzene rings is 1. The van der Waals surface area contributed by atoms with Crippen molar-refractivity contribution in [2.24, 2.45) is 0 Å². The topological polar surface area (TPSA) is 35.5 Å². The number of likely N-dealkylation sites (N-methyl/N-ethyl adjacent to an activating group) is 1. The monoisotopic (exact) mass is 280 g/mol. The molecule has 0 radical (unpaired) electrons. The third-order valence-corrected chi connectivity index (χ3v) is 2.40. The number of hydrogen-bond acceptors (Lipinski definition) is 3. The highest BCUT2D eigenvalue weighted by atomic mass is 19.4. The molecule has 0 aliphatic carbocycles. The van der Waals surface area contributed by atoms with Crippen LogP contribution in [0.5, 0.6) is 0 Å². The number of anilines is 1. The van der Waals surface area contributed by atoms with Gasteiger partial charge in [0.05, 0.1) is 17.4 Å². The molecule has 0 amide bonds. The van der Waals surface area contributed by atoms with Gasteiger partial charge in [-0.2, -0.15) is 13.2 Å². The van der Waals surface area contributed by atoms with Crippen molar-refractivity contribution in [2.45, 2.75) is 12.3 Å². The van der Waals surface area contributed by atoms with Crippen molar-refractivity contribution in [2.75, 3.05) is 32.5 Å². The zero-order chi connectivity index (χ0) is 14.6. The average molecular weight is 280 g/mol. The lowest BCUT2D eigenvalue weighted by molar-refractivity contribution is -0.137. The normalized spacial score (nSPS) is 13.7. The molecular formula is C12H16F4N2O. The van der Waals surface area contributed by atoms with E-state index in [-0.39, 0.29) is 12.2 Å². The van der Waals surface area contributed by atoms with Crippen LogP contribution < -0.4 is 5.32 Å². The first-order chi connectivity index (χ1) is 8.70. The standard InChI is InChI=1S/C12H16F4N2O/c1-18(2)7-9(19)6-17-11-5-8(12(14,15)16)3-4-10(11)13/h3-5,9,17,19H,6-7H2,1-2H3. The number of rotatable bonds is 5. The highest BCUT2D eigenvalue weighted by Gasteiger charge is 2.31. The Balaban J connectivity index is 2.72. The molecule has 1 aromatic rings. The fourth-order valence-corrected chi connectivity index (χ4v) is 1.55. The summed E-state index contributed by atoms with van der Waals surface area (Å²) in [7, 11) is 3.49. The maximum atomic E-state index is 13.3. The van der Waals surface area contributed by atoms with Crippen molar-refractivity contribution in [3.05, 3.63) is 29.6 Å². The minimum absolute atomic E-state index is 0.0313. The van der Waals surface area contributed by atoms with Gasteiger partial charge in [-0.1, -0.05) is 0 Å². The Morgan fingerprint density at radius 2 is 1.95 bits per heavy atom. The van der Waals surface area contributed by atoms with Gasteiger partial charge >= 0.3 is 6.18 Å². The quantitative estimate of drug-likeness (QED) is 0.812. The van der Waals surface area contributed by atoms with Gasteiger partial charge in [0.2, 0.25) is 0 Å². The highest BCUT2D eigenvalue weighted by molar-refractivity contribution is 5.48. The Morgan fingerprint density at radius 1 is 1.32 bits per heavy atom. The molecule has 1 unspecified atom stereocenters. The zero-order valence-corrected chi connectivity index (χ0v) is 10.6. The molecule has 19 heavy (non-hydrogen) atoms. The Bertz CT molecular complexity index is 421. The molecule has 0 saturated carbocycles. The zero-order valence-electron chi connectivity index (χ0n) is 10.6. The summed E-state index contributed by atoms with van der Waals surface area (Å²) in [6.07, 6.45) is -5.32. The van der Waals surface area contributed by atoms with Crippen molar-refractivity contribution in [1.29, 1.82) is 0 Å². The molecule has 0 saturated heterocycles. The lowest BCUT2D eigenvalue weighted by Gasteiger charge is -2.18. The Hall–Kier alpha value is -1.34. The van der Waals surface area contributed by atoms with Crippen LogP contribution in [0.15, 0.2) is 18.2 Å². The summed E-state index contributed by atoms with van der Waals surface area (Å²) in [5.41, 5.74) is -1.20. The smallest absolute Gasteiger partial charge is 0.390 e. The van der Waals surface area contributed by atoms with E-state index in [1.165, 1.54) is 0 Å². The van der Waals surface area contributed by atoms with Crippen molar-refractivity contribution in [3.63, 3.8) is 0 Å². The van der Waals surface area contributed by atoms with E-state index < -0.39 is 23.7 Å². The van der Waals surface area contributed by atoms with Crippen molar-refractivity contribution < 1.29 is 22.7 Å². The summed E-state index contributed by atoms with van der Waals surface area (Å²) in [6, 6.07) is 2.12. The maximum absolute atomic E-state index is 13.3. The molecule has 0 bridgehead atoms. The second-order valence-corrected chi connectivity index (χ2v) is 4.49. The van der Waals surface area contributed by atoms with Crippen LogP contribution in [0, 0.1) is 5.82 Å². The lowest BCUT2D eigenvalue weighted by atomic mass is 10.2. The number of halogens is 4. The minimum Gasteiger partial charge on any atom is -0.390 e. The van der Waals surface area contributed by atoms with E-state index in [0.29, 0.717) is 18.7 Å². The molecule has 0 aromatic heterocycles. The number of hydrogen-bond donors (Lipinski definition) is 2. The van der Waals surface area contributed by atoms with Gasteiger partial charge in [0.1, 0.15) is 5.82 Å². The van der Waals surface area contributed by atoms with Crippen LogP contribution in [0.25, 0.3) is 0 Å². The molecule has 1 rings (SSSR count). The molecule has 0 aliphatic rings. The van der Waals surface area contributed by atoms with Gasteiger partial charge in [0.15, 0.2) is 0 Å². The first-order valence-corrected chi connectivity index (χ1v) is 5.63. The van der Waals surface area contributed by atoms with E-state index in [2.05, 4.69) is 5.32 Å². The van der Waals surface area contributed by atoms with Gasteiger partial charge in [0.25, 0.3) is 0 Å². The van der Waals surface area contributed by atoms with Gasteiger partial charge in [-0.05, 0) is 32.3 Å². The van der Waals surface area contributed by atoms with E-state index >= 15 is 0 Å². The molecule has 3 nitrogen and oxygen atoms in total. The first-order valence-electron chi connectivity index (χ1n) is 5.63. The molecule has 108 valence electrons. The Kier molecular flexibility index (Phi) is 5.13. The summed E-state index contributed by atoms with van der Waals surface area (Å²) in [5.74, 6) is -0.787. The van der Waals surface area contributed by atoms with Gasteiger partial charge in [0, 0.05) is 13.1 Å². The number of aliphatic hydroxyl groups is 1. The van der Waals surface area contributed by atoms with Crippen molar-refractivity contribution in [1.82, 2.24) is 4.90 Å². The van der Waals surface area contributed by atoms with Crippen LogP contribution in [0.3, 0.4) is 0 Å². The molecule has 0 aliphatic heterocycles. The fourth-order valence-electron chi connectivity index (χ4n) is 1.55. The SMILES string of the molecule is CN(C)CC(O)CNc1cc(C(F)(F)F)ccc1F. The third-order valence-electron chi connectivity index (χ3n) is 2.40. The largest absolute Gasteiger partial charge is 0.416 e. The predicted molar refractivity (Wildman–Crippen MR) is 64.5 cm³/mol. The second-order valence-electron chi connectivity index (χ2n) is 4.49. The van der Waals surface area contributed by atoms with E-state index in [1.54, 1.807) is 19.0 Å². The van der Waals surface area contributed by atoms with E-state index in [1.807, 2.05) is 0 Å². The summed E-state index contributed by atoms with van der Waals surface area (Å²) in [4.78, 5) is 1.72. The average Bonchev–Trinajstić information content (AvgIpc) is 2.25. The van der Waals surface area contributed by atoms with Gasteiger partial charge < -0.3 is 15.3 Å². The Labute approximate surface area is 108 Å². The van der Waals surface area contributed by atoms with E-state index in [0.717, 1.165) is 6.07 Å². The molecule has 1 atom stereocenters. The molecule has 7 heteroatoms. The van der Waals surface area contributed by atoms with Crippen LogP contribution in [-0.4, -0.2) is 43.3 Å². The second kappa shape index (κ2) is 6.21. The molecule has 0 fully saturated rings. The number of nitrogens with zero attached hydrogens (tertiary/aromatic N) is 1. The van der Waals surface area contributed by atoms with Crippen molar-refractivity contribution in [3.8, 4) is 0 Å². The summed E-state index contributed by atoms with van der Waals surface area (Å²) >= 11 is 0. The van der Waals surface area contributed by atoms with Gasteiger partial charge in [-0.25, -0.2) is 4.39 Å². The summed E-state index contributed by atoms with van der Waals surface area (Å²) < 4.78 is 50.7. The highest BCUT2D eigenvalue weighted by Crippen LogP contribution is 2.31. The Morgan fingerprint density at radius 3 is 2.47 bits per heavy atom. The minimum atomic E-state index is -4.52. The predicted octanol–water partition coefficient (Wildman–Crippen LogP) is 2.18. The lowest BCUT2D eigenvalue weighted by Crippen LogP contribution is -2.31. The first kappa shape index (κ1) is 15.7. The van der Waals surface area contributed by atoms with Crippen LogP contribution >= 0.6 is 0 Å². The van der Waals surface area contributed by atoms with Crippen LogP contribution in [0.1, 0.15) is 5.56 Å². The van der Waals surface area contributed by atoms with Crippen LogP contribution in [0.2, 0.25) is 0 Å². The molecular weight excluding hydrogens is 264 g/mol. The molecule has 0 heterocycles. The maximum Gasteiger partial charge on any atom is 0.416 e. The fraction of sp³-hybridized carbons (Fsp3) is 0.500. The van der Waals surface area contributed by atoms with Crippen molar-refractivity contribution >= 4 is 5.69 Å². The summed E-state index contributed by atoms with van der Waals surface area (Å²) in [5, 5.41) is 12.0.